The Labute approximate surface area is 165 Å². The molecule has 3 rings (SSSR count). The Morgan fingerprint density at radius 3 is 2.89 bits per heavy atom. The highest BCUT2D eigenvalue weighted by molar-refractivity contribution is 5.90. The fourth-order valence-electron chi connectivity index (χ4n) is 4.39. The van der Waals surface area contributed by atoms with E-state index < -0.39 is 18.4 Å². The van der Waals surface area contributed by atoms with Gasteiger partial charge in [-0.3, -0.25) is 0 Å². The maximum absolute atomic E-state index is 12.1. The number of piperidine rings is 1. The molecular weight excluding hydrogens is 340 g/mol. The van der Waals surface area contributed by atoms with Crippen molar-refractivity contribution in [3.05, 3.63) is 65.2 Å². The number of methoxy groups -OCH3 is 1. The summed E-state index contributed by atoms with van der Waals surface area (Å²) in [7, 11) is 1.44. The van der Waals surface area contributed by atoms with E-state index >= 15 is 0 Å². The largest absolute Gasteiger partial charge is 0.497 e. The van der Waals surface area contributed by atoms with E-state index in [0.717, 1.165) is 30.8 Å². The van der Waals surface area contributed by atoms with Crippen molar-refractivity contribution in [1.82, 2.24) is 10.2 Å². The number of ether oxygens (including phenoxy) is 1. The van der Waals surface area contributed by atoms with Gasteiger partial charge < -0.3 is 20.1 Å². The molecule has 1 aliphatic heterocycles. The van der Waals surface area contributed by atoms with Crippen LogP contribution in [0.25, 0.3) is 0 Å². The SMILES string of the molecule is [2H]C([2H])([2H])Oc1cccc(C2(c3ccccc3C(=O)O)CCNCC2CN(C)C)c1. The van der Waals surface area contributed by atoms with Crippen molar-refractivity contribution in [3.8, 4) is 5.75 Å². The minimum atomic E-state index is -2.55. The number of nitrogens with zero attached hydrogens (tertiary/aromatic N) is 1. The van der Waals surface area contributed by atoms with E-state index in [4.69, 9.17) is 8.85 Å². The highest BCUT2D eigenvalue weighted by atomic mass is 16.5. The molecule has 0 saturated carbocycles. The lowest BCUT2D eigenvalue weighted by Gasteiger charge is -2.47. The highest BCUT2D eigenvalue weighted by Crippen LogP contribution is 2.46. The van der Waals surface area contributed by atoms with Crippen molar-refractivity contribution >= 4 is 5.97 Å². The van der Waals surface area contributed by atoms with E-state index in [9.17, 15) is 9.90 Å². The first kappa shape index (κ1) is 15.7. The summed E-state index contributed by atoms with van der Waals surface area (Å²) in [5, 5.41) is 13.3. The third kappa shape index (κ3) is 3.70. The molecule has 0 aromatic heterocycles. The summed E-state index contributed by atoms with van der Waals surface area (Å²) < 4.78 is 27.5. The number of aromatic carboxylic acids is 1. The van der Waals surface area contributed by atoms with E-state index in [1.54, 1.807) is 30.3 Å². The third-order valence-electron chi connectivity index (χ3n) is 5.47. The van der Waals surface area contributed by atoms with Crippen LogP contribution in [0.1, 0.15) is 32.0 Å². The summed E-state index contributed by atoms with van der Waals surface area (Å²) in [4.78, 5) is 14.2. The zero-order valence-corrected chi connectivity index (χ0v) is 15.7. The number of benzene rings is 2. The average Bonchev–Trinajstić information content (AvgIpc) is 2.67. The molecule has 0 aliphatic carbocycles. The highest BCUT2D eigenvalue weighted by Gasteiger charge is 2.45. The van der Waals surface area contributed by atoms with Crippen LogP contribution in [0.3, 0.4) is 0 Å². The number of nitrogens with one attached hydrogen (secondary N) is 1. The second-order valence-electron chi connectivity index (χ2n) is 7.37. The average molecular weight is 371 g/mol. The quantitative estimate of drug-likeness (QED) is 0.818. The number of rotatable bonds is 6. The monoisotopic (exact) mass is 371 g/mol. The van der Waals surface area contributed by atoms with Gasteiger partial charge in [-0.1, -0.05) is 30.3 Å². The summed E-state index contributed by atoms with van der Waals surface area (Å²) in [6, 6.07) is 14.2. The summed E-state index contributed by atoms with van der Waals surface area (Å²) >= 11 is 0. The predicted molar refractivity (Wildman–Crippen MR) is 107 cm³/mol. The van der Waals surface area contributed by atoms with Gasteiger partial charge in [-0.25, -0.2) is 4.79 Å². The molecule has 0 amide bonds. The Bertz CT molecular complexity index is 901. The van der Waals surface area contributed by atoms with Gasteiger partial charge in [-0.15, -0.1) is 0 Å². The molecule has 27 heavy (non-hydrogen) atoms. The molecule has 1 fully saturated rings. The molecule has 0 bridgehead atoms. The lowest BCUT2D eigenvalue weighted by molar-refractivity contribution is 0.0691. The predicted octanol–water partition coefficient (Wildman–Crippen LogP) is 2.85. The van der Waals surface area contributed by atoms with E-state index in [1.807, 2.05) is 32.3 Å². The summed E-state index contributed by atoms with van der Waals surface area (Å²) in [6.07, 6.45) is 0.688. The Morgan fingerprint density at radius 2 is 2.15 bits per heavy atom. The summed E-state index contributed by atoms with van der Waals surface area (Å²) in [5.74, 6) is -0.645. The summed E-state index contributed by atoms with van der Waals surface area (Å²) in [5.41, 5.74) is 1.28. The topological polar surface area (TPSA) is 61.8 Å². The van der Waals surface area contributed by atoms with E-state index in [-0.39, 0.29) is 17.2 Å². The number of carbonyl (C=O) groups is 1. The van der Waals surface area contributed by atoms with Gasteiger partial charge in [0.1, 0.15) is 5.75 Å². The van der Waals surface area contributed by atoms with Crippen LogP contribution in [0.15, 0.2) is 48.5 Å². The lowest BCUT2D eigenvalue weighted by atomic mass is 9.61. The molecule has 144 valence electrons. The zero-order valence-electron chi connectivity index (χ0n) is 18.7. The fraction of sp³-hybridized carbons (Fsp3) is 0.409. The van der Waals surface area contributed by atoms with Crippen molar-refractivity contribution in [2.24, 2.45) is 5.92 Å². The van der Waals surface area contributed by atoms with Gasteiger partial charge in [-0.2, -0.15) is 0 Å². The molecule has 1 aliphatic rings. The number of carboxylic acid groups (broad SMARTS) is 1. The van der Waals surface area contributed by atoms with Crippen molar-refractivity contribution in [2.75, 3.05) is 40.8 Å². The van der Waals surface area contributed by atoms with Crippen molar-refractivity contribution in [2.45, 2.75) is 11.8 Å². The molecule has 0 radical (unpaired) electrons. The van der Waals surface area contributed by atoms with E-state index in [2.05, 4.69) is 10.2 Å². The molecule has 1 heterocycles. The first-order valence-corrected chi connectivity index (χ1v) is 9.11. The standard InChI is InChI=1S/C22H28N2O3/c1-24(2)15-17-14-23-12-11-22(17,16-7-6-8-18(13-16)27-3)20-10-5-4-9-19(20)21(25)26/h4-10,13,17,23H,11-12,14-15H2,1-3H3,(H,25,26)/i3D3. The maximum atomic E-state index is 12.1. The van der Waals surface area contributed by atoms with Gasteiger partial charge in [-0.05, 0) is 62.3 Å². The minimum absolute atomic E-state index is 0.0739. The van der Waals surface area contributed by atoms with Crippen molar-refractivity contribution < 1.29 is 18.8 Å². The van der Waals surface area contributed by atoms with Crippen molar-refractivity contribution in [1.29, 1.82) is 0 Å². The van der Waals surface area contributed by atoms with Crippen LogP contribution in [-0.2, 0) is 5.41 Å². The molecule has 5 heteroatoms. The minimum Gasteiger partial charge on any atom is -0.497 e. The second kappa shape index (κ2) is 8.11. The molecule has 2 aromatic rings. The third-order valence-corrected chi connectivity index (χ3v) is 5.47. The van der Waals surface area contributed by atoms with Crippen LogP contribution in [0.4, 0.5) is 0 Å². The molecule has 2 N–H and O–H groups in total. The Morgan fingerprint density at radius 1 is 1.33 bits per heavy atom. The Kier molecular flexibility index (Phi) is 4.70. The number of hydrogen-bond acceptors (Lipinski definition) is 4. The molecule has 2 atom stereocenters. The van der Waals surface area contributed by atoms with Crippen LogP contribution in [0, 0.1) is 5.92 Å². The fourth-order valence-corrected chi connectivity index (χ4v) is 4.39. The first-order valence-electron chi connectivity index (χ1n) is 10.6. The molecule has 0 spiro atoms. The zero-order chi connectivity index (χ0) is 21.9. The van der Waals surface area contributed by atoms with E-state index in [0.29, 0.717) is 6.42 Å². The van der Waals surface area contributed by atoms with Gasteiger partial charge in [0.2, 0.25) is 0 Å². The number of carboxylic acids is 1. The van der Waals surface area contributed by atoms with Crippen LogP contribution in [0.2, 0.25) is 0 Å². The van der Waals surface area contributed by atoms with Crippen LogP contribution in [-0.4, -0.2) is 56.7 Å². The van der Waals surface area contributed by atoms with E-state index in [1.165, 1.54) is 0 Å². The van der Waals surface area contributed by atoms with Gasteiger partial charge >= 0.3 is 5.97 Å². The van der Waals surface area contributed by atoms with Gasteiger partial charge in [0.15, 0.2) is 0 Å². The normalized spacial score (nSPS) is 24.7. The Balaban J connectivity index is 2.24. The van der Waals surface area contributed by atoms with Crippen LogP contribution in [0.5, 0.6) is 5.75 Å². The molecule has 2 unspecified atom stereocenters. The molecule has 5 nitrogen and oxygen atoms in total. The summed E-state index contributed by atoms with van der Waals surface area (Å²) in [6.45, 7) is 2.18. The maximum Gasteiger partial charge on any atom is 0.335 e. The van der Waals surface area contributed by atoms with Crippen LogP contribution >= 0.6 is 0 Å². The second-order valence-corrected chi connectivity index (χ2v) is 7.37. The molecular formula is C22H28N2O3. The Hall–Kier alpha value is -2.37. The molecule has 1 saturated heterocycles. The van der Waals surface area contributed by atoms with Gasteiger partial charge in [0.25, 0.3) is 0 Å². The first-order chi connectivity index (χ1) is 14.1. The lowest BCUT2D eigenvalue weighted by Crippen LogP contribution is -2.52. The van der Waals surface area contributed by atoms with Crippen LogP contribution < -0.4 is 10.1 Å². The smallest absolute Gasteiger partial charge is 0.335 e. The molecule has 2 aromatic carbocycles. The number of hydrogen-bond donors (Lipinski definition) is 2. The van der Waals surface area contributed by atoms with Gasteiger partial charge in [0, 0.05) is 18.5 Å². The van der Waals surface area contributed by atoms with Gasteiger partial charge in [0.05, 0.1) is 16.7 Å². The van der Waals surface area contributed by atoms with Crippen molar-refractivity contribution in [3.63, 3.8) is 0 Å².